The van der Waals surface area contributed by atoms with Gasteiger partial charge in [-0.2, -0.15) is 0 Å². The Morgan fingerprint density at radius 3 is 2.47 bits per heavy atom. The first kappa shape index (κ1) is 24.1. The van der Waals surface area contributed by atoms with Crippen molar-refractivity contribution >= 4 is 37.0 Å². The van der Waals surface area contributed by atoms with Gasteiger partial charge in [-0.05, 0) is 47.9 Å². The number of sulfonamides is 2. The first-order chi connectivity index (χ1) is 17.1. The lowest BCUT2D eigenvalue weighted by Crippen LogP contribution is -2.31. The van der Waals surface area contributed by atoms with E-state index >= 15 is 0 Å². The maximum absolute atomic E-state index is 13.7. The van der Waals surface area contributed by atoms with Crippen molar-refractivity contribution in [2.24, 2.45) is 0 Å². The molecule has 186 valence electrons. The van der Waals surface area contributed by atoms with Crippen LogP contribution in [0.3, 0.4) is 0 Å². The summed E-state index contributed by atoms with van der Waals surface area (Å²) in [6.45, 7) is 0. The highest BCUT2D eigenvalue weighted by atomic mass is 32.2. The number of halogens is 1. The van der Waals surface area contributed by atoms with Crippen molar-refractivity contribution in [2.75, 3.05) is 0 Å². The number of nitrogens with one attached hydrogen (secondary N) is 3. The van der Waals surface area contributed by atoms with Gasteiger partial charge in [-0.15, -0.1) is 0 Å². The van der Waals surface area contributed by atoms with Crippen molar-refractivity contribution in [1.29, 1.82) is 0 Å². The average Bonchev–Trinajstić information content (AvgIpc) is 3.38. The van der Waals surface area contributed by atoms with Gasteiger partial charge in [0, 0.05) is 0 Å². The molecule has 9 nitrogen and oxygen atoms in total. The van der Waals surface area contributed by atoms with Crippen LogP contribution in [0.5, 0.6) is 0 Å². The third kappa shape index (κ3) is 4.87. The number of fused-ring (bicyclic) bond motifs is 1. The van der Waals surface area contributed by atoms with Crippen LogP contribution in [0.15, 0.2) is 77.7 Å². The predicted molar refractivity (Wildman–Crippen MR) is 130 cm³/mol. The van der Waals surface area contributed by atoms with Gasteiger partial charge in [0.2, 0.25) is 26.0 Å². The highest BCUT2D eigenvalue weighted by molar-refractivity contribution is 7.90. The van der Waals surface area contributed by atoms with Gasteiger partial charge in [0.05, 0.1) is 28.4 Å². The minimum Gasteiger partial charge on any atom is -0.341 e. The monoisotopic (exact) mass is 528 g/mol. The second kappa shape index (κ2) is 9.12. The molecule has 2 heterocycles. The number of carbonyl (C=O) groups is 1. The summed E-state index contributed by atoms with van der Waals surface area (Å²) in [6, 6.07) is 17.7. The Hall–Kier alpha value is -3.61. The molecule has 0 bridgehead atoms. The SMILES string of the molecule is O=C1CC(c2ccc(CC(NS(=O)(=O)c3cccc(F)c3)c3nc4ccccc4[nH]3)cc2)S(=O)(=O)N1. The lowest BCUT2D eigenvalue weighted by molar-refractivity contribution is -0.118. The van der Waals surface area contributed by atoms with E-state index in [-0.39, 0.29) is 17.7 Å². The van der Waals surface area contributed by atoms with Gasteiger partial charge in [-0.25, -0.2) is 30.9 Å². The second-order valence-electron chi connectivity index (χ2n) is 8.48. The Bertz CT molecular complexity index is 1640. The largest absolute Gasteiger partial charge is 0.341 e. The molecule has 12 heteroatoms. The van der Waals surface area contributed by atoms with Crippen molar-refractivity contribution in [3.8, 4) is 0 Å². The molecule has 1 fully saturated rings. The Morgan fingerprint density at radius 2 is 1.81 bits per heavy atom. The molecule has 3 aromatic carbocycles. The van der Waals surface area contributed by atoms with Crippen LogP contribution in [0.4, 0.5) is 4.39 Å². The fraction of sp³-hybridized carbons (Fsp3) is 0.167. The molecule has 1 aromatic heterocycles. The van der Waals surface area contributed by atoms with E-state index in [1.807, 2.05) is 22.9 Å². The van der Waals surface area contributed by atoms with E-state index in [4.69, 9.17) is 0 Å². The third-order valence-corrected chi connectivity index (χ3v) is 9.10. The lowest BCUT2D eigenvalue weighted by atomic mass is 10.0. The van der Waals surface area contributed by atoms with Gasteiger partial charge in [0.15, 0.2) is 0 Å². The van der Waals surface area contributed by atoms with E-state index in [0.717, 1.165) is 17.6 Å². The molecule has 0 aliphatic carbocycles. The normalized spacial score (nSPS) is 18.2. The van der Waals surface area contributed by atoms with E-state index in [9.17, 15) is 26.0 Å². The number of aromatic amines is 1. The molecule has 1 amide bonds. The van der Waals surface area contributed by atoms with E-state index in [2.05, 4.69) is 14.7 Å². The fourth-order valence-corrected chi connectivity index (χ4v) is 6.83. The first-order valence-electron chi connectivity index (χ1n) is 11.0. The standard InChI is InChI=1S/C24H21FN4O5S2/c25-17-4-3-5-18(13-17)35(31,32)28-21(24-26-19-6-1-2-7-20(19)27-24)12-15-8-10-16(11-9-15)22-14-23(30)29-36(22,33)34/h1-11,13,21-22,28H,12,14H2,(H,26,27)(H,29,30). The summed E-state index contributed by atoms with van der Waals surface area (Å²) in [7, 11) is -7.88. The van der Waals surface area contributed by atoms with Gasteiger partial charge in [-0.1, -0.05) is 42.5 Å². The number of para-hydroxylation sites is 2. The first-order valence-corrected chi connectivity index (χ1v) is 14.0. The molecular formula is C24H21FN4O5S2. The third-order valence-electron chi connectivity index (χ3n) is 5.93. The Labute approximate surface area is 206 Å². The summed E-state index contributed by atoms with van der Waals surface area (Å²) in [5.74, 6) is -0.863. The Balaban J connectivity index is 1.46. The summed E-state index contributed by atoms with van der Waals surface area (Å²) >= 11 is 0. The number of H-pyrrole nitrogens is 1. The van der Waals surface area contributed by atoms with E-state index in [1.165, 1.54) is 12.1 Å². The van der Waals surface area contributed by atoms with Crippen LogP contribution in [0.2, 0.25) is 0 Å². The van der Waals surface area contributed by atoms with Crippen LogP contribution in [0.1, 0.15) is 34.7 Å². The molecule has 3 N–H and O–H groups in total. The van der Waals surface area contributed by atoms with Gasteiger partial charge in [-0.3, -0.25) is 9.52 Å². The highest BCUT2D eigenvalue weighted by Gasteiger charge is 2.37. The zero-order chi connectivity index (χ0) is 25.5. The summed E-state index contributed by atoms with van der Waals surface area (Å²) < 4.78 is 68.8. The molecule has 2 atom stereocenters. The number of rotatable bonds is 7. The summed E-state index contributed by atoms with van der Waals surface area (Å²) in [5.41, 5.74) is 2.53. The molecule has 0 saturated carbocycles. The topological polar surface area (TPSA) is 138 Å². The average molecular weight is 529 g/mol. The Kier molecular flexibility index (Phi) is 6.10. The highest BCUT2D eigenvalue weighted by Crippen LogP contribution is 2.31. The number of aromatic nitrogens is 2. The minimum atomic E-state index is -4.11. The van der Waals surface area contributed by atoms with Crippen molar-refractivity contribution in [3.05, 3.63) is 95.6 Å². The van der Waals surface area contributed by atoms with E-state index in [1.54, 1.807) is 30.3 Å². The molecule has 1 saturated heterocycles. The number of nitrogens with zero attached hydrogens (tertiary/aromatic N) is 1. The summed E-state index contributed by atoms with van der Waals surface area (Å²) in [4.78, 5) is 19.0. The number of imidazole rings is 1. The quantitative estimate of drug-likeness (QED) is 0.337. The number of benzene rings is 3. The van der Waals surface area contributed by atoms with Crippen molar-refractivity contribution in [3.63, 3.8) is 0 Å². The van der Waals surface area contributed by atoms with Crippen LogP contribution >= 0.6 is 0 Å². The van der Waals surface area contributed by atoms with Crippen molar-refractivity contribution in [2.45, 2.75) is 29.0 Å². The van der Waals surface area contributed by atoms with Crippen LogP contribution in [-0.4, -0.2) is 32.7 Å². The molecular weight excluding hydrogens is 507 g/mol. The Morgan fingerprint density at radius 1 is 1.06 bits per heavy atom. The summed E-state index contributed by atoms with van der Waals surface area (Å²) in [5, 5.41) is -0.975. The van der Waals surface area contributed by atoms with Crippen LogP contribution in [0, 0.1) is 5.82 Å². The molecule has 0 spiro atoms. The second-order valence-corrected chi connectivity index (χ2v) is 12.1. The number of hydrogen-bond donors (Lipinski definition) is 3. The van der Waals surface area contributed by atoms with Gasteiger partial charge in [0.25, 0.3) is 0 Å². The van der Waals surface area contributed by atoms with Gasteiger partial charge in [0.1, 0.15) is 16.9 Å². The zero-order valence-corrected chi connectivity index (χ0v) is 20.3. The van der Waals surface area contributed by atoms with Crippen molar-refractivity contribution < 1.29 is 26.0 Å². The zero-order valence-electron chi connectivity index (χ0n) is 18.7. The molecule has 5 rings (SSSR count). The molecule has 1 aliphatic rings. The van der Waals surface area contributed by atoms with Crippen LogP contribution < -0.4 is 9.44 Å². The molecule has 0 radical (unpaired) electrons. The predicted octanol–water partition coefficient (Wildman–Crippen LogP) is 2.86. The van der Waals surface area contributed by atoms with E-state index < -0.39 is 43.1 Å². The molecule has 36 heavy (non-hydrogen) atoms. The minimum absolute atomic E-state index is 0.156. The molecule has 1 aliphatic heterocycles. The number of amides is 1. The number of hydrogen-bond acceptors (Lipinski definition) is 6. The maximum Gasteiger partial charge on any atom is 0.242 e. The summed E-state index contributed by atoms with van der Waals surface area (Å²) in [6.07, 6.45) is 0.0139. The van der Waals surface area contributed by atoms with E-state index in [0.29, 0.717) is 22.5 Å². The fourth-order valence-electron chi connectivity index (χ4n) is 4.17. The van der Waals surface area contributed by atoms with Crippen LogP contribution in [-0.2, 0) is 31.3 Å². The van der Waals surface area contributed by atoms with Gasteiger partial charge < -0.3 is 4.98 Å². The smallest absolute Gasteiger partial charge is 0.242 e. The van der Waals surface area contributed by atoms with Crippen molar-refractivity contribution in [1.82, 2.24) is 19.4 Å². The maximum atomic E-state index is 13.7. The number of carbonyl (C=O) groups excluding carboxylic acids is 1. The molecule has 4 aromatic rings. The lowest BCUT2D eigenvalue weighted by Gasteiger charge is -2.18. The van der Waals surface area contributed by atoms with Gasteiger partial charge >= 0.3 is 0 Å². The van der Waals surface area contributed by atoms with Crippen LogP contribution in [0.25, 0.3) is 11.0 Å². The molecule has 2 unspecified atom stereocenters.